The van der Waals surface area contributed by atoms with Crippen molar-refractivity contribution in [3.8, 4) is 11.5 Å². The molecule has 108 valence electrons. The molecule has 1 heterocycles. The maximum Gasteiger partial charge on any atom is 0.419 e. The largest absolute Gasteiger partial charge is 0.436 e. The lowest BCUT2D eigenvalue weighted by Crippen LogP contribution is -2.08. The molecule has 3 nitrogen and oxygen atoms in total. The van der Waals surface area contributed by atoms with Gasteiger partial charge in [-0.3, -0.25) is 0 Å². The van der Waals surface area contributed by atoms with E-state index in [1.807, 2.05) is 0 Å². The highest BCUT2D eigenvalue weighted by Crippen LogP contribution is 2.34. The Morgan fingerprint density at radius 1 is 1.05 bits per heavy atom. The molecule has 0 atom stereocenters. The Hall–Kier alpha value is -2.57. The Bertz CT molecular complexity index is 823. The lowest BCUT2D eigenvalue weighted by Gasteiger charge is -2.08. The molecule has 0 fully saturated rings. The first-order valence-corrected chi connectivity index (χ1v) is 5.88. The van der Waals surface area contributed by atoms with E-state index in [0.29, 0.717) is 22.9 Å². The molecule has 3 rings (SSSR count). The van der Waals surface area contributed by atoms with Crippen LogP contribution in [0.15, 0.2) is 40.8 Å². The number of hydrogen-bond acceptors (Lipinski definition) is 3. The molecule has 0 aliphatic carbocycles. The van der Waals surface area contributed by atoms with E-state index in [2.05, 4.69) is 4.98 Å². The van der Waals surface area contributed by atoms with Crippen molar-refractivity contribution in [1.29, 1.82) is 0 Å². The summed E-state index contributed by atoms with van der Waals surface area (Å²) >= 11 is 0. The zero-order valence-corrected chi connectivity index (χ0v) is 10.4. The molecule has 0 saturated carbocycles. The van der Waals surface area contributed by atoms with Crippen LogP contribution >= 0.6 is 0 Å². The van der Waals surface area contributed by atoms with Crippen LogP contribution in [0.2, 0.25) is 0 Å². The SMILES string of the molecule is Nc1ccc2nc(-c3ccc(F)c(C(F)(F)F)c3)oc2c1. The number of anilines is 1. The Morgan fingerprint density at radius 2 is 1.81 bits per heavy atom. The number of aromatic nitrogens is 1. The van der Waals surface area contributed by atoms with Crippen LogP contribution < -0.4 is 5.73 Å². The first kappa shape index (κ1) is 13.4. The summed E-state index contributed by atoms with van der Waals surface area (Å²) in [5.74, 6) is -1.37. The van der Waals surface area contributed by atoms with E-state index >= 15 is 0 Å². The van der Waals surface area contributed by atoms with Crippen LogP contribution in [0.5, 0.6) is 0 Å². The average Bonchev–Trinajstić information content (AvgIpc) is 2.80. The fourth-order valence-corrected chi connectivity index (χ4v) is 1.94. The maximum atomic E-state index is 13.3. The third kappa shape index (κ3) is 2.42. The van der Waals surface area contributed by atoms with Crippen molar-refractivity contribution in [2.24, 2.45) is 0 Å². The number of benzene rings is 2. The van der Waals surface area contributed by atoms with Gasteiger partial charge in [0.25, 0.3) is 0 Å². The summed E-state index contributed by atoms with van der Waals surface area (Å²) < 4.78 is 56.7. The first-order valence-electron chi connectivity index (χ1n) is 5.88. The van der Waals surface area contributed by atoms with Crippen LogP contribution in [0, 0.1) is 5.82 Å². The van der Waals surface area contributed by atoms with Crippen molar-refractivity contribution in [2.75, 3.05) is 5.73 Å². The van der Waals surface area contributed by atoms with Gasteiger partial charge in [0.1, 0.15) is 11.3 Å². The zero-order valence-electron chi connectivity index (χ0n) is 10.4. The highest BCUT2D eigenvalue weighted by atomic mass is 19.4. The molecule has 0 saturated heterocycles. The number of halogens is 4. The van der Waals surface area contributed by atoms with Crippen LogP contribution in [0.3, 0.4) is 0 Å². The van der Waals surface area contributed by atoms with Crippen molar-refractivity contribution >= 4 is 16.8 Å². The minimum absolute atomic E-state index is 0.0268. The maximum absolute atomic E-state index is 13.3. The zero-order chi connectivity index (χ0) is 15.2. The van der Waals surface area contributed by atoms with Crippen LogP contribution in [0.4, 0.5) is 23.2 Å². The minimum Gasteiger partial charge on any atom is -0.436 e. The number of nitrogens with two attached hydrogens (primary N) is 1. The van der Waals surface area contributed by atoms with E-state index in [0.717, 1.165) is 6.07 Å². The van der Waals surface area contributed by atoms with Gasteiger partial charge in [-0.1, -0.05) is 0 Å². The molecular weight excluding hydrogens is 288 g/mol. The van der Waals surface area contributed by atoms with E-state index in [1.54, 1.807) is 12.1 Å². The van der Waals surface area contributed by atoms with E-state index in [4.69, 9.17) is 10.2 Å². The second-order valence-corrected chi connectivity index (χ2v) is 4.44. The average molecular weight is 296 g/mol. The molecule has 1 aromatic heterocycles. The van der Waals surface area contributed by atoms with Crippen LogP contribution in [-0.4, -0.2) is 4.98 Å². The van der Waals surface area contributed by atoms with Gasteiger partial charge in [0, 0.05) is 17.3 Å². The molecule has 2 N–H and O–H groups in total. The van der Waals surface area contributed by atoms with Gasteiger partial charge in [0.05, 0.1) is 5.56 Å². The smallest absolute Gasteiger partial charge is 0.419 e. The molecule has 0 spiro atoms. The number of oxazole rings is 1. The third-order valence-electron chi connectivity index (χ3n) is 2.93. The van der Waals surface area contributed by atoms with Crippen molar-refractivity contribution in [3.05, 3.63) is 47.8 Å². The number of nitrogens with zero attached hydrogens (tertiary/aromatic N) is 1. The molecule has 7 heteroatoms. The van der Waals surface area contributed by atoms with Crippen LogP contribution in [0.25, 0.3) is 22.6 Å². The minimum atomic E-state index is -4.78. The predicted octanol–water partition coefficient (Wildman–Crippen LogP) is 4.23. The number of nitrogen functional groups attached to an aromatic ring is 1. The third-order valence-corrected chi connectivity index (χ3v) is 2.93. The Morgan fingerprint density at radius 3 is 2.52 bits per heavy atom. The number of hydrogen-bond donors (Lipinski definition) is 1. The Balaban J connectivity index is 2.14. The molecule has 0 bridgehead atoms. The van der Waals surface area contributed by atoms with E-state index in [-0.39, 0.29) is 11.5 Å². The highest BCUT2D eigenvalue weighted by Gasteiger charge is 2.34. The molecule has 0 aliphatic heterocycles. The highest BCUT2D eigenvalue weighted by molar-refractivity contribution is 5.79. The summed E-state index contributed by atoms with van der Waals surface area (Å²) in [4.78, 5) is 4.06. The number of alkyl halides is 3. The lowest BCUT2D eigenvalue weighted by atomic mass is 10.1. The normalized spacial score (nSPS) is 12.0. The quantitative estimate of drug-likeness (QED) is 0.540. The van der Waals surface area contributed by atoms with Crippen molar-refractivity contribution in [1.82, 2.24) is 4.98 Å². The fourth-order valence-electron chi connectivity index (χ4n) is 1.94. The Kier molecular flexibility index (Phi) is 2.86. The summed E-state index contributed by atoms with van der Waals surface area (Å²) in [7, 11) is 0. The lowest BCUT2D eigenvalue weighted by molar-refractivity contribution is -0.139. The van der Waals surface area contributed by atoms with Crippen molar-refractivity contribution in [3.63, 3.8) is 0 Å². The molecule has 0 radical (unpaired) electrons. The summed E-state index contributed by atoms with van der Waals surface area (Å²) in [5.41, 5.74) is 5.52. The first-order chi connectivity index (χ1) is 9.84. The molecule has 2 aromatic carbocycles. The molecule has 0 amide bonds. The standard InChI is InChI=1S/C14H8F4N2O/c15-10-3-1-7(5-9(10)14(16,17)18)13-20-11-4-2-8(19)6-12(11)21-13/h1-6H,19H2. The summed E-state index contributed by atoms with van der Waals surface area (Å²) in [6.07, 6.45) is -4.78. The monoisotopic (exact) mass is 296 g/mol. The topological polar surface area (TPSA) is 52.0 Å². The van der Waals surface area contributed by atoms with Gasteiger partial charge in [-0.15, -0.1) is 0 Å². The number of fused-ring (bicyclic) bond motifs is 1. The van der Waals surface area contributed by atoms with Gasteiger partial charge in [-0.05, 0) is 30.3 Å². The number of rotatable bonds is 1. The fraction of sp³-hybridized carbons (Fsp3) is 0.0714. The van der Waals surface area contributed by atoms with Gasteiger partial charge in [-0.25, -0.2) is 9.37 Å². The van der Waals surface area contributed by atoms with Gasteiger partial charge in [0.2, 0.25) is 5.89 Å². The summed E-state index contributed by atoms with van der Waals surface area (Å²) in [5, 5.41) is 0. The Labute approximate surface area is 116 Å². The second kappa shape index (κ2) is 4.47. The molecule has 21 heavy (non-hydrogen) atoms. The van der Waals surface area contributed by atoms with Crippen LogP contribution in [0.1, 0.15) is 5.56 Å². The van der Waals surface area contributed by atoms with E-state index < -0.39 is 17.6 Å². The molecule has 0 unspecified atom stereocenters. The van der Waals surface area contributed by atoms with Crippen molar-refractivity contribution < 1.29 is 22.0 Å². The van der Waals surface area contributed by atoms with Gasteiger partial charge < -0.3 is 10.2 Å². The second-order valence-electron chi connectivity index (χ2n) is 4.44. The summed E-state index contributed by atoms with van der Waals surface area (Å²) in [6, 6.07) is 7.29. The molecule has 3 aromatic rings. The van der Waals surface area contributed by atoms with Gasteiger partial charge in [0.15, 0.2) is 5.58 Å². The molecule has 0 aliphatic rings. The predicted molar refractivity (Wildman–Crippen MR) is 68.8 cm³/mol. The van der Waals surface area contributed by atoms with E-state index in [1.165, 1.54) is 12.1 Å². The van der Waals surface area contributed by atoms with Crippen LogP contribution in [-0.2, 0) is 6.18 Å². The molecular formula is C14H8F4N2O. The van der Waals surface area contributed by atoms with Gasteiger partial charge >= 0.3 is 6.18 Å². The van der Waals surface area contributed by atoms with Gasteiger partial charge in [-0.2, -0.15) is 13.2 Å². The van der Waals surface area contributed by atoms with E-state index in [9.17, 15) is 17.6 Å². The van der Waals surface area contributed by atoms with Crippen molar-refractivity contribution in [2.45, 2.75) is 6.18 Å². The summed E-state index contributed by atoms with van der Waals surface area (Å²) in [6.45, 7) is 0.